The fourth-order valence-electron chi connectivity index (χ4n) is 2.62. The molecule has 0 atom stereocenters. The molecule has 24 heavy (non-hydrogen) atoms. The summed E-state index contributed by atoms with van der Waals surface area (Å²) in [5.74, 6) is -0.292. The molecule has 2 nitrogen and oxygen atoms in total. The van der Waals surface area contributed by atoms with E-state index in [1.165, 1.54) is 0 Å². The fraction of sp³-hybridized carbons (Fsp3) is 0.0476. The van der Waals surface area contributed by atoms with Gasteiger partial charge in [-0.15, -0.1) is 0 Å². The second-order valence-electron chi connectivity index (χ2n) is 5.51. The minimum absolute atomic E-state index is 0.146. The molecule has 0 unspecified atom stereocenters. The van der Waals surface area contributed by atoms with Crippen LogP contribution in [0.15, 0.2) is 72.3 Å². The molecule has 3 aromatic carbocycles. The van der Waals surface area contributed by atoms with Gasteiger partial charge >= 0.3 is 0 Å². The Morgan fingerprint density at radius 2 is 1.54 bits per heavy atom. The number of hydrogen-bond donors (Lipinski definition) is 0. The smallest absolute Gasteiger partial charge is 0.203 e. The van der Waals surface area contributed by atoms with Crippen molar-refractivity contribution < 1.29 is 4.79 Å². The van der Waals surface area contributed by atoms with Crippen molar-refractivity contribution in [3.63, 3.8) is 0 Å². The Kier molecular flexibility index (Phi) is 4.46. The van der Waals surface area contributed by atoms with Crippen LogP contribution in [0.2, 0.25) is 5.02 Å². The summed E-state index contributed by atoms with van der Waals surface area (Å²) in [7, 11) is 0. The number of nitrogens with zero attached hydrogens (tertiary/aromatic N) is 1. The quantitative estimate of drug-likeness (QED) is 0.352. The molecule has 3 heteroatoms. The van der Waals surface area contributed by atoms with Crippen LogP contribution in [0.25, 0.3) is 16.3 Å². The van der Waals surface area contributed by atoms with Gasteiger partial charge in [0, 0.05) is 10.6 Å². The van der Waals surface area contributed by atoms with Crippen LogP contribution >= 0.6 is 11.6 Å². The van der Waals surface area contributed by atoms with E-state index < -0.39 is 0 Å². The predicted octanol–water partition coefficient (Wildman–Crippen LogP) is 5.67. The van der Waals surface area contributed by atoms with Crippen LogP contribution in [-0.4, -0.2) is 5.78 Å². The average molecular weight is 332 g/mol. The number of ketones is 1. The van der Waals surface area contributed by atoms with Gasteiger partial charge in [-0.05, 0) is 59.2 Å². The fourth-order valence-corrected chi connectivity index (χ4v) is 2.74. The second kappa shape index (κ2) is 6.70. The van der Waals surface area contributed by atoms with E-state index in [0.717, 1.165) is 16.3 Å². The Balaban J connectivity index is 2.07. The standard InChI is InChI=1S/C21H14ClNO/c1-14(17-7-6-15-4-2-3-5-18(15)12-17)20(13-23)21(24)16-8-10-19(22)11-9-16/h2-12H,1H3/b20-14-. The van der Waals surface area contributed by atoms with Gasteiger partial charge in [0.2, 0.25) is 5.78 Å². The van der Waals surface area contributed by atoms with E-state index in [1.807, 2.05) is 42.5 Å². The summed E-state index contributed by atoms with van der Waals surface area (Å²) in [4.78, 5) is 12.6. The van der Waals surface area contributed by atoms with E-state index in [9.17, 15) is 10.1 Å². The summed E-state index contributed by atoms with van der Waals surface area (Å²) < 4.78 is 0. The van der Waals surface area contributed by atoms with Crippen LogP contribution in [0, 0.1) is 11.3 Å². The lowest BCUT2D eigenvalue weighted by Crippen LogP contribution is -2.04. The number of carbonyl (C=O) groups excluding carboxylic acids is 1. The topological polar surface area (TPSA) is 40.9 Å². The van der Waals surface area contributed by atoms with E-state index in [2.05, 4.69) is 6.07 Å². The summed E-state index contributed by atoms with van der Waals surface area (Å²) in [5, 5.41) is 12.3. The third-order valence-electron chi connectivity index (χ3n) is 4.00. The van der Waals surface area contributed by atoms with Crippen molar-refractivity contribution in [1.82, 2.24) is 0 Å². The van der Waals surface area contributed by atoms with Crippen LogP contribution in [0.5, 0.6) is 0 Å². The van der Waals surface area contributed by atoms with Gasteiger partial charge in [0.05, 0.1) is 0 Å². The Morgan fingerprint density at radius 1 is 0.917 bits per heavy atom. The molecule has 0 N–H and O–H groups in total. The molecule has 0 aliphatic heterocycles. The molecular weight excluding hydrogens is 318 g/mol. The molecule has 0 spiro atoms. The lowest BCUT2D eigenvalue weighted by Gasteiger charge is -2.07. The molecule has 3 aromatic rings. The number of carbonyl (C=O) groups is 1. The summed E-state index contributed by atoms with van der Waals surface area (Å²) in [6, 6.07) is 22.5. The number of allylic oxidation sites excluding steroid dienone is 2. The highest BCUT2D eigenvalue weighted by Gasteiger charge is 2.16. The molecule has 0 aromatic heterocycles. The van der Waals surface area contributed by atoms with E-state index >= 15 is 0 Å². The van der Waals surface area contributed by atoms with Gasteiger partial charge in [-0.3, -0.25) is 4.79 Å². The largest absolute Gasteiger partial charge is 0.288 e. The Hall–Kier alpha value is -2.89. The van der Waals surface area contributed by atoms with Crippen LogP contribution < -0.4 is 0 Å². The van der Waals surface area contributed by atoms with Crippen molar-refractivity contribution in [2.45, 2.75) is 6.92 Å². The lowest BCUT2D eigenvalue weighted by atomic mass is 9.94. The highest BCUT2D eigenvalue weighted by molar-refractivity contribution is 6.30. The molecule has 0 amide bonds. The molecule has 0 bridgehead atoms. The maximum absolute atomic E-state index is 12.6. The van der Waals surface area contributed by atoms with E-state index in [4.69, 9.17) is 11.6 Å². The predicted molar refractivity (Wildman–Crippen MR) is 97.9 cm³/mol. The molecule has 0 saturated carbocycles. The highest BCUT2D eigenvalue weighted by Crippen LogP contribution is 2.25. The maximum atomic E-state index is 12.6. The van der Waals surface area contributed by atoms with E-state index in [1.54, 1.807) is 31.2 Å². The third-order valence-corrected chi connectivity index (χ3v) is 4.25. The molecule has 3 rings (SSSR count). The van der Waals surface area contributed by atoms with Crippen molar-refractivity contribution >= 4 is 33.7 Å². The van der Waals surface area contributed by atoms with Crippen molar-refractivity contribution in [3.05, 3.63) is 88.5 Å². The first kappa shape index (κ1) is 16.0. The van der Waals surface area contributed by atoms with Crippen molar-refractivity contribution in [3.8, 4) is 6.07 Å². The van der Waals surface area contributed by atoms with Crippen LogP contribution in [0.4, 0.5) is 0 Å². The first-order valence-corrected chi connectivity index (χ1v) is 7.88. The molecule has 0 radical (unpaired) electrons. The summed E-state index contributed by atoms with van der Waals surface area (Å²) in [6.45, 7) is 1.80. The van der Waals surface area contributed by atoms with Crippen molar-refractivity contribution in [2.75, 3.05) is 0 Å². The van der Waals surface area contributed by atoms with Gasteiger partial charge in [-0.2, -0.15) is 5.26 Å². The first-order chi connectivity index (χ1) is 11.6. The summed E-state index contributed by atoms with van der Waals surface area (Å²) in [5.41, 5.74) is 2.14. The van der Waals surface area contributed by atoms with Gasteiger partial charge in [0.25, 0.3) is 0 Å². The van der Waals surface area contributed by atoms with Gasteiger partial charge in [-0.1, -0.05) is 48.0 Å². The number of benzene rings is 3. The zero-order valence-electron chi connectivity index (χ0n) is 13.1. The van der Waals surface area contributed by atoms with Crippen molar-refractivity contribution in [1.29, 1.82) is 5.26 Å². The van der Waals surface area contributed by atoms with Crippen LogP contribution in [0.1, 0.15) is 22.8 Å². The van der Waals surface area contributed by atoms with E-state index in [-0.39, 0.29) is 11.4 Å². The monoisotopic (exact) mass is 331 g/mol. The normalized spacial score (nSPS) is 11.7. The number of rotatable bonds is 3. The van der Waals surface area contributed by atoms with Crippen molar-refractivity contribution in [2.24, 2.45) is 0 Å². The molecule has 0 aliphatic rings. The number of nitriles is 1. The SMILES string of the molecule is C/C(=C(\C#N)C(=O)c1ccc(Cl)cc1)c1ccc2ccccc2c1. The number of hydrogen-bond acceptors (Lipinski definition) is 2. The Labute approximate surface area is 145 Å². The molecule has 116 valence electrons. The number of fused-ring (bicyclic) bond motifs is 1. The Morgan fingerprint density at radius 3 is 2.21 bits per heavy atom. The number of halogens is 1. The van der Waals surface area contributed by atoms with E-state index in [0.29, 0.717) is 16.2 Å². The van der Waals surface area contributed by atoms with Gasteiger partial charge in [0.15, 0.2) is 0 Å². The maximum Gasteiger partial charge on any atom is 0.203 e. The molecule has 0 saturated heterocycles. The number of Topliss-reactive ketones (excluding diaryl/α,β-unsaturated/α-hetero) is 1. The van der Waals surface area contributed by atoms with Gasteiger partial charge in [-0.25, -0.2) is 0 Å². The minimum Gasteiger partial charge on any atom is -0.288 e. The lowest BCUT2D eigenvalue weighted by molar-refractivity contribution is 0.103. The summed E-state index contributed by atoms with van der Waals surface area (Å²) in [6.07, 6.45) is 0. The highest BCUT2D eigenvalue weighted by atomic mass is 35.5. The first-order valence-electron chi connectivity index (χ1n) is 7.50. The Bertz CT molecular complexity index is 994. The van der Waals surface area contributed by atoms with Gasteiger partial charge in [0.1, 0.15) is 11.6 Å². The zero-order valence-corrected chi connectivity index (χ0v) is 13.8. The molecular formula is C21H14ClNO. The third kappa shape index (κ3) is 3.08. The van der Waals surface area contributed by atoms with Crippen LogP contribution in [0.3, 0.4) is 0 Å². The minimum atomic E-state index is -0.292. The molecule has 0 aliphatic carbocycles. The van der Waals surface area contributed by atoms with Crippen LogP contribution in [-0.2, 0) is 0 Å². The average Bonchev–Trinajstić information content (AvgIpc) is 2.62. The van der Waals surface area contributed by atoms with Gasteiger partial charge < -0.3 is 0 Å². The zero-order chi connectivity index (χ0) is 17.1. The summed E-state index contributed by atoms with van der Waals surface area (Å²) >= 11 is 5.86. The second-order valence-corrected chi connectivity index (χ2v) is 5.95. The molecule has 0 heterocycles. The molecule has 0 fully saturated rings.